The average molecular weight is 504 g/mol. The van der Waals surface area contributed by atoms with E-state index < -0.39 is 21.8 Å². The molecule has 6 nitrogen and oxygen atoms in total. The van der Waals surface area contributed by atoms with Crippen LogP contribution in [0.4, 0.5) is 18.9 Å². The summed E-state index contributed by atoms with van der Waals surface area (Å²) in [5, 5.41) is 0. The van der Waals surface area contributed by atoms with Crippen molar-refractivity contribution < 1.29 is 26.4 Å². The number of halogens is 3. The number of carbonyl (C=O) groups excluding carboxylic acids is 1. The van der Waals surface area contributed by atoms with Gasteiger partial charge in [0, 0.05) is 37.4 Å². The molecular weight excluding hydrogens is 479 g/mol. The van der Waals surface area contributed by atoms with E-state index in [0.29, 0.717) is 37.4 Å². The molecule has 1 amide bonds. The second kappa shape index (κ2) is 9.71. The third-order valence-electron chi connectivity index (χ3n) is 6.01. The van der Waals surface area contributed by atoms with Crippen LogP contribution < -0.4 is 9.62 Å². The van der Waals surface area contributed by atoms with Gasteiger partial charge in [0.2, 0.25) is 10.0 Å². The Hall–Kier alpha value is -3.37. The van der Waals surface area contributed by atoms with Crippen LogP contribution in [0.15, 0.2) is 77.7 Å². The predicted octanol–water partition coefficient (Wildman–Crippen LogP) is 4.24. The molecule has 0 radical (unpaired) electrons. The molecule has 0 aromatic heterocycles. The Morgan fingerprint density at radius 3 is 2.09 bits per heavy atom. The summed E-state index contributed by atoms with van der Waals surface area (Å²) in [6.45, 7) is 1.56. The lowest BCUT2D eigenvalue weighted by Gasteiger charge is -2.36. The molecule has 0 saturated carbocycles. The highest BCUT2D eigenvalue weighted by Gasteiger charge is 2.31. The summed E-state index contributed by atoms with van der Waals surface area (Å²) in [4.78, 5) is 17.1. The summed E-state index contributed by atoms with van der Waals surface area (Å²) in [6.07, 6.45) is -4.39. The number of nitrogens with zero attached hydrogens (tertiary/aromatic N) is 2. The van der Waals surface area contributed by atoms with Crippen LogP contribution in [0, 0.1) is 0 Å². The molecule has 0 aliphatic carbocycles. The van der Waals surface area contributed by atoms with Gasteiger partial charge < -0.3 is 9.80 Å². The summed E-state index contributed by atoms with van der Waals surface area (Å²) in [7, 11) is -2.44. The Bertz CT molecular complexity index is 1300. The number of hydrogen-bond acceptors (Lipinski definition) is 4. The average Bonchev–Trinajstić information content (AvgIpc) is 2.88. The Morgan fingerprint density at radius 1 is 0.886 bits per heavy atom. The van der Waals surface area contributed by atoms with E-state index in [1.165, 1.54) is 31.3 Å². The molecule has 1 aliphatic heterocycles. The summed E-state index contributed by atoms with van der Waals surface area (Å²) in [6, 6.07) is 18.7. The van der Waals surface area contributed by atoms with E-state index in [0.717, 1.165) is 17.7 Å². The lowest BCUT2D eigenvalue weighted by molar-refractivity contribution is -0.137. The predicted molar refractivity (Wildman–Crippen MR) is 128 cm³/mol. The minimum Gasteiger partial charge on any atom is -0.368 e. The van der Waals surface area contributed by atoms with Gasteiger partial charge in [-0.15, -0.1) is 0 Å². The lowest BCUT2D eigenvalue weighted by Crippen LogP contribution is -2.49. The van der Waals surface area contributed by atoms with Crippen molar-refractivity contribution in [3.8, 4) is 11.1 Å². The number of rotatable bonds is 5. The standard InChI is InChI=1S/C25H24F3N3O3S/c1-29-35(33,34)21-11-12-22(18-5-3-2-4-6-18)23(17-21)24(32)31-15-13-30(14-16-31)20-9-7-19(8-10-20)25(26,27)28/h2-12,17,29H,13-16H2,1H3. The summed E-state index contributed by atoms with van der Waals surface area (Å²) in [5.74, 6) is -0.302. The third-order valence-corrected chi connectivity index (χ3v) is 7.42. The molecule has 3 aromatic rings. The van der Waals surface area contributed by atoms with Gasteiger partial charge in [0.15, 0.2) is 0 Å². The fraction of sp³-hybridized carbons (Fsp3) is 0.240. The Balaban J connectivity index is 1.57. The maximum Gasteiger partial charge on any atom is 0.416 e. The van der Waals surface area contributed by atoms with Crippen molar-refractivity contribution in [2.24, 2.45) is 0 Å². The van der Waals surface area contributed by atoms with Crippen molar-refractivity contribution in [2.75, 3.05) is 38.1 Å². The van der Waals surface area contributed by atoms with Gasteiger partial charge in [-0.25, -0.2) is 13.1 Å². The molecule has 1 saturated heterocycles. The Morgan fingerprint density at radius 2 is 1.51 bits per heavy atom. The zero-order valence-corrected chi connectivity index (χ0v) is 19.7. The molecule has 0 unspecified atom stereocenters. The van der Waals surface area contributed by atoms with Crippen LogP contribution in [0.1, 0.15) is 15.9 Å². The molecule has 1 fully saturated rings. The Labute approximate surface area is 202 Å². The molecule has 1 aliphatic rings. The normalized spacial score (nSPS) is 14.7. The first-order valence-electron chi connectivity index (χ1n) is 10.9. The van der Waals surface area contributed by atoms with Crippen molar-refractivity contribution in [1.82, 2.24) is 9.62 Å². The van der Waals surface area contributed by atoms with Crippen molar-refractivity contribution in [1.29, 1.82) is 0 Å². The molecule has 10 heteroatoms. The van der Waals surface area contributed by atoms with Crippen molar-refractivity contribution >= 4 is 21.6 Å². The van der Waals surface area contributed by atoms with Crippen molar-refractivity contribution in [3.05, 3.63) is 83.9 Å². The zero-order valence-electron chi connectivity index (χ0n) is 18.9. The molecule has 0 bridgehead atoms. The highest BCUT2D eigenvalue weighted by Crippen LogP contribution is 2.31. The Kier molecular flexibility index (Phi) is 6.86. The number of amides is 1. The van der Waals surface area contributed by atoms with E-state index in [9.17, 15) is 26.4 Å². The number of benzene rings is 3. The van der Waals surface area contributed by atoms with E-state index >= 15 is 0 Å². The van der Waals surface area contributed by atoms with Gasteiger partial charge in [-0.05, 0) is 54.6 Å². The van der Waals surface area contributed by atoms with Crippen LogP contribution in [0.3, 0.4) is 0 Å². The van der Waals surface area contributed by atoms with Gasteiger partial charge in [-0.3, -0.25) is 4.79 Å². The highest BCUT2D eigenvalue weighted by atomic mass is 32.2. The second-order valence-electron chi connectivity index (χ2n) is 8.10. The van der Waals surface area contributed by atoms with Gasteiger partial charge in [0.05, 0.1) is 10.5 Å². The van der Waals surface area contributed by atoms with Crippen LogP contribution in [-0.4, -0.2) is 52.5 Å². The van der Waals surface area contributed by atoms with Crippen LogP contribution in [0.25, 0.3) is 11.1 Å². The maximum atomic E-state index is 13.5. The molecule has 3 aromatic carbocycles. The van der Waals surface area contributed by atoms with Crippen LogP contribution >= 0.6 is 0 Å². The van der Waals surface area contributed by atoms with Crippen molar-refractivity contribution in [2.45, 2.75) is 11.1 Å². The first-order valence-corrected chi connectivity index (χ1v) is 12.4. The molecule has 1 heterocycles. The summed E-state index contributed by atoms with van der Waals surface area (Å²) < 4.78 is 65.5. The van der Waals surface area contributed by atoms with Gasteiger partial charge >= 0.3 is 6.18 Å². The first-order chi connectivity index (χ1) is 16.6. The van der Waals surface area contributed by atoms with Crippen LogP contribution in [0.5, 0.6) is 0 Å². The molecule has 0 atom stereocenters. The minimum atomic E-state index is -4.39. The molecule has 35 heavy (non-hydrogen) atoms. The lowest BCUT2D eigenvalue weighted by atomic mass is 9.98. The van der Waals surface area contributed by atoms with Crippen LogP contribution in [0.2, 0.25) is 0 Å². The number of piperazine rings is 1. The number of anilines is 1. The van der Waals surface area contributed by atoms with E-state index in [-0.39, 0.29) is 16.4 Å². The smallest absolute Gasteiger partial charge is 0.368 e. The third kappa shape index (κ3) is 5.33. The SMILES string of the molecule is CNS(=O)(=O)c1ccc(-c2ccccc2)c(C(=O)N2CCN(c3ccc(C(F)(F)F)cc3)CC2)c1. The fourth-order valence-electron chi connectivity index (χ4n) is 4.05. The monoisotopic (exact) mass is 503 g/mol. The maximum absolute atomic E-state index is 13.5. The summed E-state index contributed by atoms with van der Waals surface area (Å²) in [5.41, 5.74) is 1.62. The van der Waals surface area contributed by atoms with Gasteiger partial charge in [-0.2, -0.15) is 13.2 Å². The van der Waals surface area contributed by atoms with E-state index in [2.05, 4.69) is 4.72 Å². The number of carbonyl (C=O) groups is 1. The van der Waals surface area contributed by atoms with Crippen molar-refractivity contribution in [3.63, 3.8) is 0 Å². The largest absolute Gasteiger partial charge is 0.416 e. The minimum absolute atomic E-state index is 0.00794. The molecular formula is C25H24F3N3O3S. The molecule has 0 spiro atoms. The fourth-order valence-corrected chi connectivity index (χ4v) is 4.81. The number of hydrogen-bond donors (Lipinski definition) is 1. The topological polar surface area (TPSA) is 69.7 Å². The van der Waals surface area contributed by atoms with E-state index in [1.807, 2.05) is 35.2 Å². The van der Waals surface area contributed by atoms with Gasteiger partial charge in [-0.1, -0.05) is 36.4 Å². The number of alkyl halides is 3. The zero-order chi connectivity index (χ0) is 25.2. The number of nitrogens with one attached hydrogen (secondary N) is 1. The number of sulfonamides is 1. The van der Waals surface area contributed by atoms with Gasteiger partial charge in [0.25, 0.3) is 5.91 Å². The van der Waals surface area contributed by atoms with E-state index in [4.69, 9.17) is 0 Å². The molecule has 1 N–H and O–H groups in total. The van der Waals surface area contributed by atoms with Crippen LogP contribution in [-0.2, 0) is 16.2 Å². The van der Waals surface area contributed by atoms with Gasteiger partial charge in [0.1, 0.15) is 0 Å². The molecule has 184 valence electrons. The second-order valence-corrected chi connectivity index (χ2v) is 9.99. The summed E-state index contributed by atoms with van der Waals surface area (Å²) >= 11 is 0. The molecule has 4 rings (SSSR count). The van der Waals surface area contributed by atoms with E-state index in [1.54, 1.807) is 11.0 Å². The quantitative estimate of drug-likeness (QED) is 0.566. The highest BCUT2D eigenvalue weighted by molar-refractivity contribution is 7.89. The first kappa shape index (κ1) is 24.7.